The molecule has 5 aliphatic rings. The molecule has 0 radical (unpaired) electrons. The van der Waals surface area contributed by atoms with Crippen molar-refractivity contribution < 1.29 is 15.0 Å². The van der Waals surface area contributed by atoms with Gasteiger partial charge in [-0.3, -0.25) is 4.79 Å². The van der Waals surface area contributed by atoms with Gasteiger partial charge < -0.3 is 10.2 Å². The summed E-state index contributed by atoms with van der Waals surface area (Å²) in [6.45, 7) is 16.6. The van der Waals surface area contributed by atoms with E-state index in [4.69, 9.17) is 0 Å². The first kappa shape index (κ1) is 23.9. The standard InChI is InChI=1S/C30H48O3/c1-25(2)14-15-27(5)16-17-30(24(32)33)19(20(27)18-25)8-9-22-28(6)12-11-23(31)26(3,4)21(28)10-13-29(22,30)7/h8,20-23,31H,9-18H2,1-7H3,(H,32,33)/t20-,21-,22+,23?,27-,28+,29-,30-/m1/s1. The van der Waals surface area contributed by atoms with E-state index in [0.717, 1.165) is 51.4 Å². The highest BCUT2D eigenvalue weighted by Crippen LogP contribution is 2.75. The lowest BCUT2D eigenvalue weighted by Crippen LogP contribution is -2.66. The van der Waals surface area contributed by atoms with Crippen molar-refractivity contribution in [1.82, 2.24) is 0 Å². The molecular weight excluding hydrogens is 408 g/mol. The highest BCUT2D eigenvalue weighted by atomic mass is 16.4. The fourth-order valence-corrected chi connectivity index (χ4v) is 10.6. The molecule has 0 aliphatic heterocycles. The molecule has 1 unspecified atom stereocenters. The summed E-state index contributed by atoms with van der Waals surface area (Å²) in [6, 6.07) is 0. The lowest BCUT2D eigenvalue weighted by atomic mass is 9.33. The largest absolute Gasteiger partial charge is 0.481 e. The molecule has 5 rings (SSSR count). The van der Waals surface area contributed by atoms with Gasteiger partial charge in [-0.15, -0.1) is 0 Å². The molecule has 0 saturated heterocycles. The molecule has 4 saturated carbocycles. The molecule has 0 amide bonds. The Labute approximate surface area is 201 Å². The summed E-state index contributed by atoms with van der Waals surface area (Å²) in [7, 11) is 0. The Balaban J connectivity index is 1.64. The normalized spacial score (nSPS) is 52.4. The van der Waals surface area contributed by atoms with Crippen LogP contribution in [-0.2, 0) is 4.79 Å². The minimum atomic E-state index is -0.721. The topological polar surface area (TPSA) is 57.5 Å². The number of carboxylic acid groups (broad SMARTS) is 1. The summed E-state index contributed by atoms with van der Waals surface area (Å²) in [5, 5.41) is 22.0. The third kappa shape index (κ3) is 2.87. The number of allylic oxidation sites excluding steroid dienone is 1. The number of hydrogen-bond acceptors (Lipinski definition) is 2. The van der Waals surface area contributed by atoms with Crippen LogP contribution in [0.25, 0.3) is 0 Å². The van der Waals surface area contributed by atoms with Crippen LogP contribution in [0, 0.1) is 50.2 Å². The third-order valence-corrected chi connectivity index (χ3v) is 12.9. The van der Waals surface area contributed by atoms with E-state index < -0.39 is 11.4 Å². The summed E-state index contributed by atoms with van der Waals surface area (Å²) in [4.78, 5) is 13.5. The molecule has 186 valence electrons. The smallest absolute Gasteiger partial charge is 0.314 e. The van der Waals surface area contributed by atoms with Gasteiger partial charge in [0.1, 0.15) is 0 Å². The predicted octanol–water partition coefficient (Wildman–Crippen LogP) is 7.23. The molecule has 0 aromatic carbocycles. The Bertz CT molecular complexity index is 885. The van der Waals surface area contributed by atoms with E-state index in [2.05, 4.69) is 54.5 Å². The van der Waals surface area contributed by atoms with Crippen molar-refractivity contribution in [2.45, 2.75) is 119 Å². The van der Waals surface area contributed by atoms with Crippen molar-refractivity contribution in [3.63, 3.8) is 0 Å². The maximum Gasteiger partial charge on any atom is 0.314 e. The van der Waals surface area contributed by atoms with Crippen LogP contribution >= 0.6 is 0 Å². The Morgan fingerprint density at radius 3 is 2.21 bits per heavy atom. The van der Waals surface area contributed by atoms with Crippen LogP contribution in [0.3, 0.4) is 0 Å². The van der Waals surface area contributed by atoms with E-state index in [0.29, 0.717) is 17.8 Å². The minimum absolute atomic E-state index is 0.0901. The lowest BCUT2D eigenvalue weighted by molar-refractivity contribution is -0.213. The first-order chi connectivity index (χ1) is 15.1. The van der Waals surface area contributed by atoms with Gasteiger partial charge in [-0.2, -0.15) is 0 Å². The molecule has 3 nitrogen and oxygen atoms in total. The van der Waals surface area contributed by atoms with Crippen LogP contribution < -0.4 is 0 Å². The molecule has 0 aromatic rings. The second kappa shape index (κ2) is 6.89. The number of aliphatic hydroxyl groups excluding tert-OH is 1. The zero-order valence-electron chi connectivity index (χ0n) is 22.3. The predicted molar refractivity (Wildman–Crippen MR) is 133 cm³/mol. The summed E-state index contributed by atoms with van der Waals surface area (Å²) in [5.41, 5.74) is 0.906. The van der Waals surface area contributed by atoms with E-state index in [9.17, 15) is 15.0 Å². The molecule has 3 heteroatoms. The van der Waals surface area contributed by atoms with Gasteiger partial charge >= 0.3 is 5.97 Å². The summed E-state index contributed by atoms with van der Waals surface area (Å²) >= 11 is 0. The number of aliphatic carboxylic acids is 1. The monoisotopic (exact) mass is 456 g/mol. The van der Waals surface area contributed by atoms with Crippen molar-refractivity contribution in [3.8, 4) is 0 Å². The number of aliphatic hydroxyl groups is 1. The molecule has 0 spiro atoms. The van der Waals surface area contributed by atoms with Crippen LogP contribution in [0.1, 0.15) is 113 Å². The quantitative estimate of drug-likeness (QED) is 0.409. The average Bonchev–Trinajstić information content (AvgIpc) is 2.71. The van der Waals surface area contributed by atoms with Crippen molar-refractivity contribution in [2.24, 2.45) is 50.2 Å². The van der Waals surface area contributed by atoms with Crippen molar-refractivity contribution in [3.05, 3.63) is 11.6 Å². The van der Waals surface area contributed by atoms with Crippen LogP contribution in [-0.4, -0.2) is 22.3 Å². The van der Waals surface area contributed by atoms with Gasteiger partial charge in [0.05, 0.1) is 11.5 Å². The minimum Gasteiger partial charge on any atom is -0.481 e. The Morgan fingerprint density at radius 2 is 1.55 bits per heavy atom. The highest BCUT2D eigenvalue weighted by Gasteiger charge is 2.71. The second-order valence-electron chi connectivity index (χ2n) is 15.1. The average molecular weight is 457 g/mol. The van der Waals surface area contributed by atoms with Crippen LogP contribution in [0.15, 0.2) is 11.6 Å². The SMILES string of the molecule is CC1(C)CC[C@]2(C)CC[C@]3(C(=O)O)C(=CC[C@H]4[C@@]5(C)CCC(O)C(C)(C)[C@H]5CC[C@]43C)[C@H]2C1. The summed E-state index contributed by atoms with van der Waals surface area (Å²) in [5.74, 6) is 0.675. The first-order valence-electron chi connectivity index (χ1n) is 13.8. The van der Waals surface area contributed by atoms with Crippen LogP contribution in [0.5, 0.6) is 0 Å². The number of fused-ring (bicyclic) bond motifs is 7. The van der Waals surface area contributed by atoms with E-state index >= 15 is 0 Å². The molecule has 0 aromatic heterocycles. The van der Waals surface area contributed by atoms with E-state index in [1.807, 2.05) is 0 Å². The molecule has 5 aliphatic carbocycles. The zero-order valence-corrected chi connectivity index (χ0v) is 22.3. The van der Waals surface area contributed by atoms with Gasteiger partial charge in [0, 0.05) is 0 Å². The van der Waals surface area contributed by atoms with Crippen LogP contribution in [0.4, 0.5) is 0 Å². The molecule has 4 fully saturated rings. The third-order valence-electron chi connectivity index (χ3n) is 12.9. The first-order valence-corrected chi connectivity index (χ1v) is 13.8. The van der Waals surface area contributed by atoms with Crippen molar-refractivity contribution >= 4 is 5.97 Å². The highest BCUT2D eigenvalue weighted by molar-refractivity contribution is 5.81. The zero-order chi connectivity index (χ0) is 24.2. The molecular formula is C30H48O3. The lowest BCUT2D eigenvalue weighted by Gasteiger charge is -2.70. The van der Waals surface area contributed by atoms with E-state index in [1.165, 1.54) is 18.4 Å². The molecule has 33 heavy (non-hydrogen) atoms. The Morgan fingerprint density at radius 1 is 0.879 bits per heavy atom. The van der Waals surface area contributed by atoms with Gasteiger partial charge in [-0.1, -0.05) is 60.1 Å². The fourth-order valence-electron chi connectivity index (χ4n) is 10.6. The van der Waals surface area contributed by atoms with Crippen molar-refractivity contribution in [2.75, 3.05) is 0 Å². The van der Waals surface area contributed by atoms with E-state index in [1.54, 1.807) is 0 Å². The number of hydrogen-bond donors (Lipinski definition) is 2. The number of rotatable bonds is 1. The fraction of sp³-hybridized carbons (Fsp3) is 0.900. The Hall–Kier alpha value is -0.830. The van der Waals surface area contributed by atoms with Gasteiger partial charge in [0.2, 0.25) is 0 Å². The number of carboxylic acids is 1. The van der Waals surface area contributed by atoms with Gasteiger partial charge in [0.25, 0.3) is 0 Å². The van der Waals surface area contributed by atoms with E-state index in [-0.39, 0.29) is 33.2 Å². The molecule has 0 bridgehead atoms. The van der Waals surface area contributed by atoms with Crippen LogP contribution in [0.2, 0.25) is 0 Å². The summed E-state index contributed by atoms with van der Waals surface area (Å²) in [6.07, 6.45) is 12.6. The molecule has 8 atom stereocenters. The van der Waals surface area contributed by atoms with Gasteiger partial charge in [-0.25, -0.2) is 0 Å². The van der Waals surface area contributed by atoms with Gasteiger partial charge in [0.15, 0.2) is 0 Å². The summed E-state index contributed by atoms with van der Waals surface area (Å²) < 4.78 is 0. The maximum absolute atomic E-state index is 13.5. The molecule has 0 heterocycles. The Kier molecular flexibility index (Phi) is 4.99. The maximum atomic E-state index is 13.5. The molecule has 2 N–H and O–H groups in total. The number of carbonyl (C=O) groups is 1. The second-order valence-corrected chi connectivity index (χ2v) is 15.1. The van der Waals surface area contributed by atoms with Crippen molar-refractivity contribution in [1.29, 1.82) is 0 Å². The van der Waals surface area contributed by atoms with Gasteiger partial charge in [-0.05, 0) is 109 Å².